The van der Waals surface area contributed by atoms with Gasteiger partial charge in [0, 0.05) is 11.4 Å². The number of amides is 1. The van der Waals surface area contributed by atoms with E-state index in [1.165, 1.54) is 12.1 Å². The molecule has 1 aromatic rings. The van der Waals surface area contributed by atoms with Gasteiger partial charge in [0.15, 0.2) is 0 Å². The third-order valence-corrected chi connectivity index (χ3v) is 3.95. The van der Waals surface area contributed by atoms with E-state index in [-0.39, 0.29) is 22.0 Å². The van der Waals surface area contributed by atoms with Crippen molar-refractivity contribution in [1.82, 2.24) is 5.32 Å². The van der Waals surface area contributed by atoms with Crippen LogP contribution in [0, 0.1) is 5.82 Å². The Morgan fingerprint density at radius 1 is 1.47 bits per heavy atom. The number of hydrogen-bond acceptors (Lipinski definition) is 1. The molecule has 0 saturated heterocycles. The second-order valence-corrected chi connectivity index (χ2v) is 5.02. The summed E-state index contributed by atoms with van der Waals surface area (Å²) in [6.45, 7) is 0. The van der Waals surface area contributed by atoms with Crippen molar-refractivity contribution in [2.45, 2.75) is 24.8 Å². The van der Waals surface area contributed by atoms with Crippen molar-refractivity contribution in [3.63, 3.8) is 0 Å². The molecule has 0 spiro atoms. The fraction of sp³-hybridized carbons (Fsp3) is 0.417. The predicted molar refractivity (Wildman–Crippen MR) is 66.2 cm³/mol. The van der Waals surface area contributed by atoms with Gasteiger partial charge in [-0.3, -0.25) is 4.79 Å². The van der Waals surface area contributed by atoms with Crippen LogP contribution in [0.2, 0.25) is 5.02 Å². The summed E-state index contributed by atoms with van der Waals surface area (Å²) in [5, 5.41) is 2.87. The second kappa shape index (κ2) is 4.83. The van der Waals surface area contributed by atoms with Crippen LogP contribution in [0.1, 0.15) is 29.6 Å². The summed E-state index contributed by atoms with van der Waals surface area (Å²) in [5.74, 6) is -0.511. The molecular weight excluding hydrogens is 264 g/mol. The SMILES string of the molecule is O=C(NC1(CCl)CCC1)c1ccc(Cl)c(F)c1. The largest absolute Gasteiger partial charge is 0.345 e. The Balaban J connectivity index is 2.11. The van der Waals surface area contributed by atoms with E-state index in [0.29, 0.717) is 5.88 Å². The lowest BCUT2D eigenvalue weighted by atomic mass is 9.78. The van der Waals surface area contributed by atoms with Gasteiger partial charge >= 0.3 is 0 Å². The maximum absolute atomic E-state index is 13.2. The van der Waals surface area contributed by atoms with E-state index in [4.69, 9.17) is 23.2 Å². The van der Waals surface area contributed by atoms with Crippen molar-refractivity contribution in [1.29, 1.82) is 0 Å². The lowest BCUT2D eigenvalue weighted by molar-refractivity contribution is 0.0853. The summed E-state index contributed by atoms with van der Waals surface area (Å²) in [7, 11) is 0. The fourth-order valence-electron chi connectivity index (χ4n) is 1.85. The summed E-state index contributed by atoms with van der Waals surface area (Å²) in [4.78, 5) is 11.9. The van der Waals surface area contributed by atoms with Crippen molar-refractivity contribution in [2.24, 2.45) is 0 Å². The van der Waals surface area contributed by atoms with Crippen molar-refractivity contribution < 1.29 is 9.18 Å². The maximum Gasteiger partial charge on any atom is 0.251 e. The van der Waals surface area contributed by atoms with E-state index in [0.717, 1.165) is 25.3 Å². The van der Waals surface area contributed by atoms with Gasteiger partial charge in [0.2, 0.25) is 0 Å². The van der Waals surface area contributed by atoms with Gasteiger partial charge in [0.1, 0.15) is 5.82 Å². The third kappa shape index (κ3) is 2.55. The fourth-order valence-corrected chi connectivity index (χ4v) is 2.30. The zero-order valence-electron chi connectivity index (χ0n) is 9.10. The number of rotatable bonds is 3. The molecule has 0 radical (unpaired) electrons. The highest BCUT2D eigenvalue weighted by Gasteiger charge is 2.37. The molecule has 0 heterocycles. The molecule has 0 aromatic heterocycles. The first-order chi connectivity index (χ1) is 8.06. The topological polar surface area (TPSA) is 29.1 Å². The molecule has 1 aromatic carbocycles. The smallest absolute Gasteiger partial charge is 0.251 e. The minimum atomic E-state index is -0.590. The average molecular weight is 276 g/mol. The minimum absolute atomic E-state index is 0.0113. The number of nitrogens with one attached hydrogen (secondary N) is 1. The molecule has 92 valence electrons. The van der Waals surface area contributed by atoms with Gasteiger partial charge in [0.25, 0.3) is 5.91 Å². The second-order valence-electron chi connectivity index (χ2n) is 4.35. The van der Waals surface area contributed by atoms with Gasteiger partial charge < -0.3 is 5.32 Å². The molecule has 0 unspecified atom stereocenters. The minimum Gasteiger partial charge on any atom is -0.345 e. The first kappa shape index (κ1) is 12.7. The monoisotopic (exact) mass is 275 g/mol. The number of alkyl halides is 1. The van der Waals surface area contributed by atoms with Crippen molar-refractivity contribution in [3.05, 3.63) is 34.6 Å². The molecule has 1 aliphatic carbocycles. The van der Waals surface area contributed by atoms with Crippen LogP contribution in [0.15, 0.2) is 18.2 Å². The number of carbonyl (C=O) groups is 1. The highest BCUT2D eigenvalue weighted by Crippen LogP contribution is 2.33. The molecule has 1 saturated carbocycles. The van der Waals surface area contributed by atoms with Crippen LogP contribution in [0.25, 0.3) is 0 Å². The van der Waals surface area contributed by atoms with Crippen LogP contribution >= 0.6 is 23.2 Å². The van der Waals surface area contributed by atoms with Gasteiger partial charge in [-0.2, -0.15) is 0 Å². The number of hydrogen-bond donors (Lipinski definition) is 1. The number of benzene rings is 1. The van der Waals surface area contributed by atoms with Crippen LogP contribution in [-0.4, -0.2) is 17.3 Å². The van der Waals surface area contributed by atoms with Crippen molar-refractivity contribution >= 4 is 29.1 Å². The molecule has 2 rings (SSSR count). The Kier molecular flexibility index (Phi) is 3.59. The summed E-state index contributed by atoms with van der Waals surface area (Å²) in [6, 6.07) is 4.01. The van der Waals surface area contributed by atoms with Crippen LogP contribution in [0.5, 0.6) is 0 Å². The number of carbonyl (C=O) groups excluding carboxylic acids is 1. The Morgan fingerprint density at radius 2 is 2.18 bits per heavy atom. The van der Waals surface area contributed by atoms with Gasteiger partial charge in [0.05, 0.1) is 10.6 Å². The maximum atomic E-state index is 13.2. The Morgan fingerprint density at radius 3 is 2.65 bits per heavy atom. The lowest BCUT2D eigenvalue weighted by Gasteiger charge is -2.41. The summed E-state index contributed by atoms with van der Waals surface area (Å²) in [6.07, 6.45) is 2.80. The Bertz CT molecular complexity index is 441. The molecule has 0 aliphatic heterocycles. The van der Waals surface area contributed by atoms with E-state index in [1.54, 1.807) is 0 Å². The van der Waals surface area contributed by atoms with E-state index < -0.39 is 5.82 Å². The van der Waals surface area contributed by atoms with Crippen LogP contribution in [0.3, 0.4) is 0 Å². The molecule has 1 N–H and O–H groups in total. The van der Waals surface area contributed by atoms with E-state index in [1.807, 2.05) is 0 Å². The number of halogens is 3. The lowest BCUT2D eigenvalue weighted by Crippen LogP contribution is -2.55. The third-order valence-electron chi connectivity index (χ3n) is 3.13. The Hall–Kier alpha value is -0.800. The van der Waals surface area contributed by atoms with E-state index >= 15 is 0 Å². The van der Waals surface area contributed by atoms with E-state index in [2.05, 4.69) is 5.32 Å². The van der Waals surface area contributed by atoms with Crippen LogP contribution in [0.4, 0.5) is 4.39 Å². The predicted octanol–water partition coefficient (Wildman–Crippen LogP) is 3.37. The molecule has 1 fully saturated rings. The zero-order valence-corrected chi connectivity index (χ0v) is 10.6. The molecule has 1 aliphatic rings. The first-order valence-electron chi connectivity index (χ1n) is 5.40. The van der Waals surface area contributed by atoms with Crippen molar-refractivity contribution in [2.75, 3.05) is 5.88 Å². The molecule has 0 atom stereocenters. The van der Waals surface area contributed by atoms with Gasteiger partial charge in [-0.25, -0.2) is 4.39 Å². The summed E-state index contributed by atoms with van der Waals surface area (Å²) in [5.41, 5.74) is -0.0438. The quantitative estimate of drug-likeness (QED) is 0.842. The van der Waals surface area contributed by atoms with Gasteiger partial charge in [-0.05, 0) is 37.5 Å². The highest BCUT2D eigenvalue weighted by molar-refractivity contribution is 6.30. The average Bonchev–Trinajstić information content (AvgIpc) is 2.27. The van der Waals surface area contributed by atoms with Crippen LogP contribution in [-0.2, 0) is 0 Å². The Labute approximate surface area is 109 Å². The summed E-state index contributed by atoms with van der Waals surface area (Å²) >= 11 is 11.4. The first-order valence-corrected chi connectivity index (χ1v) is 6.31. The molecule has 2 nitrogen and oxygen atoms in total. The highest BCUT2D eigenvalue weighted by atomic mass is 35.5. The van der Waals surface area contributed by atoms with Gasteiger partial charge in [-0.15, -0.1) is 11.6 Å². The molecule has 5 heteroatoms. The molecule has 17 heavy (non-hydrogen) atoms. The molecular formula is C12H12Cl2FNO. The van der Waals surface area contributed by atoms with Crippen LogP contribution < -0.4 is 5.32 Å². The normalized spacial score (nSPS) is 17.4. The standard InChI is InChI=1S/C12H12Cl2FNO/c13-7-12(4-1-5-12)16-11(17)8-2-3-9(14)10(15)6-8/h2-3,6H,1,4-5,7H2,(H,16,17). The summed E-state index contributed by atoms with van der Waals surface area (Å²) < 4.78 is 13.2. The van der Waals surface area contributed by atoms with Crippen molar-refractivity contribution in [3.8, 4) is 0 Å². The zero-order chi connectivity index (χ0) is 12.5. The molecule has 1 amide bonds. The van der Waals surface area contributed by atoms with E-state index in [9.17, 15) is 9.18 Å². The van der Waals surface area contributed by atoms with Gasteiger partial charge in [-0.1, -0.05) is 11.6 Å². The molecule has 0 bridgehead atoms.